The van der Waals surface area contributed by atoms with Gasteiger partial charge in [-0.2, -0.15) is 5.26 Å². The molecule has 176 valence electrons. The monoisotopic (exact) mass is 504 g/mol. The van der Waals surface area contributed by atoms with Crippen LogP contribution in [0.5, 0.6) is 0 Å². The molecular weight excluding hydrogens is 484 g/mol. The molecule has 4 rings (SSSR count). The Morgan fingerprint density at radius 2 is 2.00 bits per heavy atom. The van der Waals surface area contributed by atoms with Crippen LogP contribution in [0.25, 0.3) is 10.2 Å². The summed E-state index contributed by atoms with van der Waals surface area (Å²) in [5, 5.41) is 12.3. The van der Waals surface area contributed by atoms with Gasteiger partial charge in [-0.25, -0.2) is 9.78 Å². The molecular formula is C25H20N4O4S2. The van der Waals surface area contributed by atoms with Gasteiger partial charge in [0.2, 0.25) is 5.91 Å². The number of nitrogens with zero attached hydrogens (tertiary/aromatic N) is 2. The molecule has 2 aromatic heterocycles. The second-order valence-corrected chi connectivity index (χ2v) is 9.80. The maximum atomic E-state index is 12.8. The highest BCUT2D eigenvalue weighted by molar-refractivity contribution is 8.00. The van der Waals surface area contributed by atoms with E-state index in [1.807, 2.05) is 19.9 Å². The predicted molar refractivity (Wildman–Crippen MR) is 136 cm³/mol. The first-order chi connectivity index (χ1) is 16.9. The van der Waals surface area contributed by atoms with Crippen molar-refractivity contribution in [3.8, 4) is 6.07 Å². The fourth-order valence-electron chi connectivity index (χ4n) is 3.35. The van der Waals surface area contributed by atoms with E-state index in [0.29, 0.717) is 31.9 Å². The summed E-state index contributed by atoms with van der Waals surface area (Å²) in [4.78, 5) is 46.9. The number of benzene rings is 2. The zero-order valence-corrected chi connectivity index (χ0v) is 20.5. The average molecular weight is 505 g/mol. The zero-order valence-electron chi connectivity index (χ0n) is 18.9. The number of nitrogens with one attached hydrogen (secondary N) is 2. The van der Waals surface area contributed by atoms with E-state index in [9.17, 15) is 14.4 Å². The Bertz CT molecular complexity index is 1530. The Labute approximate surface area is 209 Å². The number of ether oxygens (including phenoxy) is 1. The Morgan fingerprint density at radius 1 is 1.20 bits per heavy atom. The number of carbonyl (C=O) groups excluding carboxylic acids is 2. The lowest BCUT2D eigenvalue weighted by atomic mass is 10.2. The third kappa shape index (κ3) is 5.59. The van der Waals surface area contributed by atoms with E-state index in [-0.39, 0.29) is 29.7 Å². The van der Waals surface area contributed by atoms with Crippen LogP contribution < -0.4 is 10.9 Å². The van der Waals surface area contributed by atoms with Gasteiger partial charge in [0.1, 0.15) is 17.3 Å². The van der Waals surface area contributed by atoms with Crippen LogP contribution in [0.2, 0.25) is 0 Å². The van der Waals surface area contributed by atoms with Crippen molar-refractivity contribution in [1.29, 1.82) is 5.26 Å². The van der Waals surface area contributed by atoms with Gasteiger partial charge in [0.05, 0.1) is 28.3 Å². The molecule has 1 amide bonds. The van der Waals surface area contributed by atoms with Gasteiger partial charge in [-0.05, 0) is 49.7 Å². The van der Waals surface area contributed by atoms with Crippen molar-refractivity contribution in [3.05, 3.63) is 86.3 Å². The standard InChI is InChI=1S/C25H20N4O4S2/c1-14-15(2)35-24-22(14)23(31)28-20(29-24)12-33-25(32)18-8-3-4-9-19(18)34-13-21(30)27-17-7-5-6-16(10-17)11-26/h3-10H,12-13H2,1-2H3,(H,27,30)(H,28,29,31). The van der Waals surface area contributed by atoms with E-state index in [4.69, 9.17) is 10.00 Å². The maximum Gasteiger partial charge on any atom is 0.339 e. The molecule has 2 aromatic carbocycles. The molecule has 0 saturated carbocycles. The molecule has 0 saturated heterocycles. The molecule has 4 aromatic rings. The van der Waals surface area contributed by atoms with Crippen LogP contribution in [0, 0.1) is 25.2 Å². The number of aryl methyl sites for hydroxylation is 2. The summed E-state index contributed by atoms with van der Waals surface area (Å²) in [5.41, 5.74) is 1.92. The summed E-state index contributed by atoms with van der Waals surface area (Å²) in [6.07, 6.45) is 0. The van der Waals surface area contributed by atoms with E-state index in [1.54, 1.807) is 48.5 Å². The van der Waals surface area contributed by atoms with Crippen molar-refractivity contribution >= 4 is 50.9 Å². The zero-order chi connectivity index (χ0) is 24.9. The minimum atomic E-state index is -0.587. The third-order valence-corrected chi connectivity index (χ3v) is 7.34. The number of hydrogen-bond donors (Lipinski definition) is 2. The van der Waals surface area contributed by atoms with Crippen LogP contribution in [0.3, 0.4) is 0 Å². The first kappa shape index (κ1) is 24.2. The lowest BCUT2D eigenvalue weighted by Crippen LogP contribution is -2.15. The Morgan fingerprint density at radius 3 is 2.80 bits per heavy atom. The van der Waals surface area contributed by atoms with Gasteiger partial charge in [-0.15, -0.1) is 23.1 Å². The van der Waals surface area contributed by atoms with Gasteiger partial charge in [-0.1, -0.05) is 18.2 Å². The molecule has 0 aliphatic carbocycles. The van der Waals surface area contributed by atoms with Crippen molar-refractivity contribution in [3.63, 3.8) is 0 Å². The predicted octanol–water partition coefficient (Wildman–Crippen LogP) is 4.56. The Hall–Kier alpha value is -3.94. The normalized spacial score (nSPS) is 10.7. The van der Waals surface area contributed by atoms with Crippen molar-refractivity contribution in [2.45, 2.75) is 25.3 Å². The van der Waals surface area contributed by atoms with Crippen molar-refractivity contribution in [1.82, 2.24) is 9.97 Å². The molecule has 0 atom stereocenters. The fourth-order valence-corrected chi connectivity index (χ4v) is 5.24. The van der Waals surface area contributed by atoms with Crippen LogP contribution >= 0.6 is 23.1 Å². The van der Waals surface area contributed by atoms with Crippen molar-refractivity contribution in [2.75, 3.05) is 11.1 Å². The second-order valence-electron chi connectivity index (χ2n) is 7.58. The molecule has 0 bridgehead atoms. The van der Waals surface area contributed by atoms with Gasteiger partial charge >= 0.3 is 5.97 Å². The molecule has 0 unspecified atom stereocenters. The topological polar surface area (TPSA) is 125 Å². The number of carbonyl (C=O) groups is 2. The largest absolute Gasteiger partial charge is 0.454 e. The molecule has 35 heavy (non-hydrogen) atoms. The first-order valence-corrected chi connectivity index (χ1v) is 12.3. The SMILES string of the molecule is Cc1sc2nc(COC(=O)c3ccccc3SCC(=O)Nc3cccc(C#N)c3)[nH]c(=O)c2c1C. The van der Waals surface area contributed by atoms with Gasteiger partial charge in [-0.3, -0.25) is 9.59 Å². The molecule has 0 radical (unpaired) electrons. The fraction of sp³-hybridized carbons (Fsp3) is 0.160. The second kappa shape index (κ2) is 10.5. The molecule has 0 aliphatic rings. The van der Waals surface area contributed by atoms with Crippen LogP contribution in [0.4, 0.5) is 5.69 Å². The number of thiophene rings is 1. The number of esters is 1. The number of rotatable bonds is 7. The smallest absolute Gasteiger partial charge is 0.339 e. The van der Waals surface area contributed by atoms with E-state index in [2.05, 4.69) is 15.3 Å². The number of nitriles is 1. The number of aromatic amines is 1. The minimum absolute atomic E-state index is 0.0592. The highest BCUT2D eigenvalue weighted by Gasteiger charge is 2.16. The minimum Gasteiger partial charge on any atom is -0.454 e. The van der Waals surface area contributed by atoms with E-state index >= 15 is 0 Å². The third-order valence-electron chi connectivity index (χ3n) is 5.17. The number of H-pyrrole nitrogens is 1. The molecule has 0 spiro atoms. The van der Waals surface area contributed by atoms with Crippen LogP contribution in [-0.2, 0) is 16.1 Å². The number of amides is 1. The molecule has 0 aliphatic heterocycles. The van der Waals surface area contributed by atoms with E-state index in [0.717, 1.165) is 10.4 Å². The number of fused-ring (bicyclic) bond motifs is 1. The van der Waals surface area contributed by atoms with E-state index < -0.39 is 5.97 Å². The average Bonchev–Trinajstić information content (AvgIpc) is 3.15. The highest BCUT2D eigenvalue weighted by atomic mass is 32.2. The summed E-state index contributed by atoms with van der Waals surface area (Å²) in [6.45, 7) is 3.62. The van der Waals surface area contributed by atoms with Gasteiger partial charge in [0, 0.05) is 15.5 Å². The Balaban J connectivity index is 1.40. The van der Waals surface area contributed by atoms with Gasteiger partial charge in [0.15, 0.2) is 0 Å². The molecule has 2 N–H and O–H groups in total. The number of anilines is 1. The van der Waals surface area contributed by atoms with Crippen LogP contribution in [0.15, 0.2) is 58.2 Å². The van der Waals surface area contributed by atoms with Gasteiger partial charge in [0.25, 0.3) is 5.56 Å². The highest BCUT2D eigenvalue weighted by Crippen LogP contribution is 2.26. The van der Waals surface area contributed by atoms with Gasteiger partial charge < -0.3 is 15.0 Å². The summed E-state index contributed by atoms with van der Waals surface area (Å²) >= 11 is 2.62. The summed E-state index contributed by atoms with van der Waals surface area (Å²) < 4.78 is 5.41. The lowest BCUT2D eigenvalue weighted by Gasteiger charge is -2.10. The summed E-state index contributed by atoms with van der Waals surface area (Å²) in [6, 6.07) is 15.5. The molecule has 8 nitrogen and oxygen atoms in total. The summed E-state index contributed by atoms with van der Waals surface area (Å²) in [7, 11) is 0. The van der Waals surface area contributed by atoms with Crippen LogP contribution in [-0.4, -0.2) is 27.6 Å². The molecule has 10 heteroatoms. The first-order valence-electron chi connectivity index (χ1n) is 10.5. The van der Waals surface area contributed by atoms with E-state index in [1.165, 1.54) is 23.1 Å². The van der Waals surface area contributed by atoms with Crippen molar-refractivity contribution < 1.29 is 14.3 Å². The lowest BCUT2D eigenvalue weighted by molar-refractivity contribution is -0.113. The molecule has 0 fully saturated rings. The Kier molecular flexibility index (Phi) is 7.29. The maximum absolute atomic E-state index is 12.8. The quantitative estimate of drug-likeness (QED) is 0.279. The van der Waals surface area contributed by atoms with Crippen molar-refractivity contribution in [2.24, 2.45) is 0 Å². The molecule has 2 heterocycles. The number of hydrogen-bond acceptors (Lipinski definition) is 8. The number of aromatic nitrogens is 2. The van der Waals surface area contributed by atoms with Crippen LogP contribution in [0.1, 0.15) is 32.2 Å². The summed E-state index contributed by atoms with van der Waals surface area (Å²) in [5.74, 6) is -0.536. The number of thioether (sulfide) groups is 1.